The quantitative estimate of drug-likeness (QED) is 0.748. The van der Waals surface area contributed by atoms with E-state index in [0.717, 1.165) is 10.8 Å². The number of fused-ring (bicyclic) bond motifs is 1. The zero-order valence-corrected chi connectivity index (χ0v) is 10.7. The minimum Gasteiger partial charge on any atom is -0.383 e. The highest BCUT2D eigenvalue weighted by Gasteiger charge is 2.18. The number of rotatable bonds is 4. The van der Waals surface area contributed by atoms with Gasteiger partial charge in [-0.05, 0) is 24.4 Å². The van der Waals surface area contributed by atoms with Crippen molar-refractivity contribution >= 4 is 10.8 Å². The highest BCUT2D eigenvalue weighted by Crippen LogP contribution is 2.25. The van der Waals surface area contributed by atoms with Crippen LogP contribution in [-0.4, -0.2) is 26.8 Å². The maximum atomic E-state index is 9.80. The molecule has 2 heterocycles. The summed E-state index contributed by atoms with van der Waals surface area (Å²) in [5, 5.41) is 15.7. The Hall–Kier alpha value is -2.31. The van der Waals surface area contributed by atoms with E-state index in [1.165, 1.54) is 0 Å². The molecule has 1 atom stereocenters. The van der Waals surface area contributed by atoms with E-state index >= 15 is 0 Å². The number of nitrogens with two attached hydrogens (primary N) is 1. The fraction of sp³-hybridized carbons (Fsp3) is 0.214. The van der Waals surface area contributed by atoms with Crippen molar-refractivity contribution in [2.45, 2.75) is 12.5 Å². The van der Waals surface area contributed by atoms with E-state index in [1.54, 1.807) is 6.20 Å². The molecule has 6 nitrogen and oxygen atoms in total. The van der Waals surface area contributed by atoms with Gasteiger partial charge in [0, 0.05) is 11.6 Å². The highest BCUT2D eigenvalue weighted by atomic mass is 16.5. The molecular formula is C14H14N4O2. The molecule has 0 amide bonds. The van der Waals surface area contributed by atoms with Crippen molar-refractivity contribution in [1.29, 1.82) is 0 Å². The van der Waals surface area contributed by atoms with Gasteiger partial charge in [-0.15, -0.1) is 0 Å². The molecular weight excluding hydrogens is 256 g/mol. The van der Waals surface area contributed by atoms with Crippen LogP contribution in [-0.2, 0) is 0 Å². The monoisotopic (exact) mass is 270 g/mol. The van der Waals surface area contributed by atoms with Gasteiger partial charge in [0.05, 0.1) is 0 Å². The fourth-order valence-electron chi connectivity index (χ4n) is 2.05. The van der Waals surface area contributed by atoms with Crippen molar-refractivity contribution in [3.63, 3.8) is 0 Å². The molecule has 0 aliphatic rings. The van der Waals surface area contributed by atoms with Crippen LogP contribution < -0.4 is 5.73 Å². The second kappa shape index (κ2) is 5.36. The minimum absolute atomic E-state index is 0.167. The minimum atomic E-state index is -0.837. The lowest BCUT2D eigenvalue weighted by atomic mass is 10.1. The number of pyridine rings is 1. The molecule has 0 radical (unpaired) electrons. The van der Waals surface area contributed by atoms with Crippen molar-refractivity contribution in [3.8, 4) is 11.5 Å². The molecule has 0 fully saturated rings. The summed E-state index contributed by atoms with van der Waals surface area (Å²) in [6.07, 6.45) is 1.24. The second-order valence-corrected chi connectivity index (χ2v) is 4.43. The average Bonchev–Trinajstić information content (AvgIpc) is 2.97. The van der Waals surface area contributed by atoms with Crippen molar-refractivity contribution < 1.29 is 9.63 Å². The molecule has 1 unspecified atom stereocenters. The molecule has 6 heteroatoms. The van der Waals surface area contributed by atoms with Gasteiger partial charge in [-0.1, -0.05) is 29.4 Å². The van der Waals surface area contributed by atoms with Gasteiger partial charge in [-0.3, -0.25) is 4.98 Å². The van der Waals surface area contributed by atoms with Gasteiger partial charge in [0.15, 0.2) is 0 Å². The van der Waals surface area contributed by atoms with Crippen molar-refractivity contribution in [2.24, 2.45) is 5.73 Å². The number of aliphatic hydroxyl groups excluding tert-OH is 1. The molecule has 3 rings (SSSR count). The third-order valence-corrected chi connectivity index (χ3v) is 3.05. The first-order valence-corrected chi connectivity index (χ1v) is 6.35. The molecule has 3 aromatic rings. The van der Waals surface area contributed by atoms with Crippen LogP contribution >= 0.6 is 0 Å². The molecule has 102 valence electrons. The number of aromatic nitrogens is 3. The third kappa shape index (κ3) is 2.26. The summed E-state index contributed by atoms with van der Waals surface area (Å²) in [5.41, 5.74) is 6.03. The predicted molar refractivity (Wildman–Crippen MR) is 73.7 cm³/mol. The summed E-state index contributed by atoms with van der Waals surface area (Å²) >= 11 is 0. The van der Waals surface area contributed by atoms with E-state index in [0.29, 0.717) is 24.5 Å². The zero-order valence-electron chi connectivity index (χ0n) is 10.7. The number of hydrogen-bond acceptors (Lipinski definition) is 6. The maximum absolute atomic E-state index is 9.80. The second-order valence-electron chi connectivity index (χ2n) is 4.43. The molecule has 0 saturated heterocycles. The van der Waals surface area contributed by atoms with Gasteiger partial charge in [0.25, 0.3) is 5.89 Å². The van der Waals surface area contributed by atoms with Crippen LogP contribution in [0.1, 0.15) is 18.4 Å². The molecule has 0 bridgehead atoms. The van der Waals surface area contributed by atoms with E-state index in [2.05, 4.69) is 15.1 Å². The maximum Gasteiger partial charge on any atom is 0.255 e. The number of aliphatic hydroxyl groups is 1. The predicted octanol–water partition coefficient (Wildman–Crippen LogP) is 1.67. The van der Waals surface area contributed by atoms with Crippen LogP contribution in [0, 0.1) is 0 Å². The van der Waals surface area contributed by atoms with Gasteiger partial charge in [-0.25, -0.2) is 0 Å². The molecule has 0 aliphatic heterocycles. The fourth-order valence-corrected chi connectivity index (χ4v) is 2.05. The van der Waals surface area contributed by atoms with Crippen molar-refractivity contribution in [2.75, 3.05) is 6.54 Å². The number of hydrogen-bond donors (Lipinski definition) is 2. The molecule has 3 N–H and O–H groups in total. The third-order valence-electron chi connectivity index (χ3n) is 3.05. The van der Waals surface area contributed by atoms with Crippen molar-refractivity contribution in [3.05, 3.63) is 42.4 Å². The molecule has 2 aromatic heterocycles. The molecule has 0 aliphatic carbocycles. The van der Waals surface area contributed by atoms with Crippen LogP contribution in [0.15, 0.2) is 41.1 Å². The van der Waals surface area contributed by atoms with Gasteiger partial charge in [-0.2, -0.15) is 4.98 Å². The average molecular weight is 270 g/mol. The number of nitrogens with zero attached hydrogens (tertiary/aromatic N) is 3. The molecule has 0 saturated carbocycles. The summed E-state index contributed by atoms with van der Waals surface area (Å²) in [4.78, 5) is 8.51. The summed E-state index contributed by atoms with van der Waals surface area (Å²) in [6.45, 7) is 0.353. The first-order chi connectivity index (χ1) is 9.79. The van der Waals surface area contributed by atoms with E-state index in [1.807, 2.05) is 30.3 Å². The van der Waals surface area contributed by atoms with E-state index in [9.17, 15) is 5.11 Å². The molecule has 0 spiro atoms. The van der Waals surface area contributed by atoms with E-state index in [4.69, 9.17) is 10.3 Å². The summed E-state index contributed by atoms with van der Waals surface area (Å²) in [6, 6.07) is 9.74. The summed E-state index contributed by atoms with van der Waals surface area (Å²) in [7, 11) is 0. The lowest BCUT2D eigenvalue weighted by Gasteiger charge is -2.02. The largest absolute Gasteiger partial charge is 0.383 e. The number of benzene rings is 1. The van der Waals surface area contributed by atoms with Gasteiger partial charge >= 0.3 is 0 Å². The van der Waals surface area contributed by atoms with Crippen LogP contribution in [0.4, 0.5) is 0 Å². The van der Waals surface area contributed by atoms with Crippen LogP contribution in [0.25, 0.3) is 22.3 Å². The van der Waals surface area contributed by atoms with Crippen LogP contribution in [0.5, 0.6) is 0 Å². The Labute approximate surface area is 115 Å². The Morgan fingerprint density at radius 3 is 2.95 bits per heavy atom. The topological polar surface area (TPSA) is 98.1 Å². The first-order valence-electron chi connectivity index (χ1n) is 6.35. The molecule has 1 aromatic carbocycles. The first kappa shape index (κ1) is 12.7. The Bertz CT molecular complexity index is 721. The van der Waals surface area contributed by atoms with E-state index in [-0.39, 0.29) is 5.89 Å². The Morgan fingerprint density at radius 1 is 1.25 bits per heavy atom. The lowest BCUT2D eigenvalue weighted by molar-refractivity contribution is 0.127. The van der Waals surface area contributed by atoms with Gasteiger partial charge < -0.3 is 15.4 Å². The zero-order chi connectivity index (χ0) is 13.9. The SMILES string of the molecule is NCCC(O)c1nc(-c2nccc3ccccc23)no1. The Balaban J connectivity index is 2.03. The van der Waals surface area contributed by atoms with E-state index < -0.39 is 6.10 Å². The smallest absolute Gasteiger partial charge is 0.255 e. The molecule has 20 heavy (non-hydrogen) atoms. The van der Waals surface area contributed by atoms with Gasteiger partial charge in [0.2, 0.25) is 5.82 Å². The van der Waals surface area contributed by atoms with Crippen LogP contribution in [0.3, 0.4) is 0 Å². The Kier molecular flexibility index (Phi) is 3.41. The highest BCUT2D eigenvalue weighted by molar-refractivity contribution is 5.92. The Morgan fingerprint density at radius 2 is 2.10 bits per heavy atom. The van der Waals surface area contributed by atoms with Crippen LogP contribution in [0.2, 0.25) is 0 Å². The lowest BCUT2D eigenvalue weighted by Crippen LogP contribution is -2.06. The van der Waals surface area contributed by atoms with Gasteiger partial charge in [0.1, 0.15) is 11.8 Å². The summed E-state index contributed by atoms with van der Waals surface area (Å²) in [5.74, 6) is 0.535. The normalized spacial score (nSPS) is 12.7. The van der Waals surface area contributed by atoms with Crippen molar-refractivity contribution in [1.82, 2.24) is 15.1 Å². The standard InChI is InChI=1S/C14H14N4O2/c15-7-5-11(19)14-17-13(18-20-14)12-10-4-2-1-3-9(10)6-8-16-12/h1-4,6,8,11,19H,5,7,15H2. The summed E-state index contributed by atoms with van der Waals surface area (Å²) < 4.78 is 5.08.